The van der Waals surface area contributed by atoms with Crippen LogP contribution in [-0.4, -0.2) is 30.5 Å². The van der Waals surface area contributed by atoms with Crippen LogP contribution in [0.15, 0.2) is 30.3 Å². The summed E-state index contributed by atoms with van der Waals surface area (Å²) in [7, 11) is 0. The maximum atomic E-state index is 10.5. The van der Waals surface area contributed by atoms with Crippen LogP contribution in [0.4, 0.5) is 5.69 Å². The SMILES string of the molecule is O=CCN(CC(=O)O)c1ccccc1. The second-order valence-corrected chi connectivity index (χ2v) is 2.78. The zero-order chi connectivity index (χ0) is 10.4. The average Bonchev–Trinajstić information content (AvgIpc) is 2.18. The molecule has 14 heavy (non-hydrogen) atoms. The number of carboxylic acids is 1. The third-order valence-electron chi connectivity index (χ3n) is 1.74. The van der Waals surface area contributed by atoms with Crippen LogP contribution in [0.1, 0.15) is 0 Å². The Morgan fingerprint density at radius 1 is 1.36 bits per heavy atom. The van der Waals surface area contributed by atoms with Crippen LogP contribution in [0, 0.1) is 0 Å². The fourth-order valence-corrected chi connectivity index (χ4v) is 1.15. The number of benzene rings is 1. The summed E-state index contributed by atoms with van der Waals surface area (Å²) in [4.78, 5) is 22.3. The second-order valence-electron chi connectivity index (χ2n) is 2.78. The Bertz CT molecular complexity index is 310. The van der Waals surface area contributed by atoms with E-state index in [-0.39, 0.29) is 13.1 Å². The maximum Gasteiger partial charge on any atom is 0.323 e. The molecule has 0 unspecified atom stereocenters. The molecule has 0 radical (unpaired) electrons. The van der Waals surface area contributed by atoms with Gasteiger partial charge in [-0.3, -0.25) is 4.79 Å². The van der Waals surface area contributed by atoms with E-state index in [1.165, 1.54) is 4.90 Å². The zero-order valence-electron chi connectivity index (χ0n) is 7.59. The number of hydrogen-bond donors (Lipinski definition) is 1. The van der Waals surface area contributed by atoms with E-state index < -0.39 is 5.97 Å². The first kappa shape index (κ1) is 10.2. The van der Waals surface area contributed by atoms with Crippen molar-refractivity contribution in [2.24, 2.45) is 0 Å². The summed E-state index contributed by atoms with van der Waals surface area (Å²) < 4.78 is 0. The molecule has 4 nitrogen and oxygen atoms in total. The highest BCUT2D eigenvalue weighted by molar-refractivity contribution is 5.75. The van der Waals surface area contributed by atoms with Crippen molar-refractivity contribution in [3.63, 3.8) is 0 Å². The minimum absolute atomic E-state index is 0.0936. The van der Waals surface area contributed by atoms with Gasteiger partial charge in [-0.15, -0.1) is 0 Å². The number of aliphatic carboxylic acids is 1. The predicted octanol–water partition coefficient (Wildman–Crippen LogP) is 0.776. The zero-order valence-corrected chi connectivity index (χ0v) is 7.59. The van der Waals surface area contributed by atoms with Gasteiger partial charge in [0.1, 0.15) is 12.8 Å². The Labute approximate surface area is 81.8 Å². The largest absolute Gasteiger partial charge is 0.480 e. The van der Waals surface area contributed by atoms with E-state index in [1.807, 2.05) is 6.07 Å². The van der Waals surface area contributed by atoms with Gasteiger partial charge in [0.05, 0.1) is 6.54 Å². The molecule has 0 atom stereocenters. The van der Waals surface area contributed by atoms with Crippen LogP contribution in [0.3, 0.4) is 0 Å². The van der Waals surface area contributed by atoms with Gasteiger partial charge in [0.2, 0.25) is 0 Å². The van der Waals surface area contributed by atoms with E-state index in [4.69, 9.17) is 5.11 Å². The van der Waals surface area contributed by atoms with Crippen LogP contribution in [0.25, 0.3) is 0 Å². The number of hydrogen-bond acceptors (Lipinski definition) is 3. The van der Waals surface area contributed by atoms with Gasteiger partial charge >= 0.3 is 5.97 Å². The minimum Gasteiger partial charge on any atom is -0.480 e. The van der Waals surface area contributed by atoms with Gasteiger partial charge < -0.3 is 14.8 Å². The van der Waals surface area contributed by atoms with Crippen molar-refractivity contribution in [2.75, 3.05) is 18.0 Å². The molecule has 0 saturated heterocycles. The Morgan fingerprint density at radius 2 is 2.00 bits per heavy atom. The molecule has 0 spiro atoms. The number of aldehydes is 1. The fraction of sp³-hybridized carbons (Fsp3) is 0.200. The molecule has 0 aliphatic heterocycles. The van der Waals surface area contributed by atoms with Crippen molar-refractivity contribution in [3.8, 4) is 0 Å². The summed E-state index contributed by atoms with van der Waals surface area (Å²) in [6, 6.07) is 8.98. The lowest BCUT2D eigenvalue weighted by molar-refractivity contribution is -0.135. The van der Waals surface area contributed by atoms with Gasteiger partial charge in [0, 0.05) is 5.69 Å². The molecule has 0 fully saturated rings. The summed E-state index contributed by atoms with van der Waals surface area (Å²) in [5, 5.41) is 8.61. The van der Waals surface area contributed by atoms with Gasteiger partial charge in [-0.1, -0.05) is 18.2 Å². The highest BCUT2D eigenvalue weighted by Gasteiger charge is 2.08. The fourth-order valence-electron chi connectivity index (χ4n) is 1.15. The Balaban J connectivity index is 2.77. The molecular weight excluding hydrogens is 182 g/mol. The molecule has 0 aromatic heterocycles. The van der Waals surface area contributed by atoms with Gasteiger partial charge in [0.15, 0.2) is 0 Å². The molecule has 1 rings (SSSR count). The standard InChI is InChI=1S/C10H11NO3/c12-7-6-11(8-10(13)14)9-4-2-1-3-5-9/h1-5,7H,6,8H2,(H,13,14). The van der Waals surface area contributed by atoms with Crippen LogP contribution in [0.2, 0.25) is 0 Å². The van der Waals surface area contributed by atoms with Crippen molar-refractivity contribution in [3.05, 3.63) is 30.3 Å². The molecule has 0 aliphatic rings. The monoisotopic (exact) mass is 193 g/mol. The molecule has 0 bridgehead atoms. The predicted molar refractivity (Wildman–Crippen MR) is 52.4 cm³/mol. The number of carbonyl (C=O) groups is 2. The van der Waals surface area contributed by atoms with E-state index in [0.717, 1.165) is 5.69 Å². The first-order chi connectivity index (χ1) is 6.74. The second kappa shape index (κ2) is 5.01. The number of carboxylic acid groups (broad SMARTS) is 1. The van der Waals surface area contributed by atoms with E-state index in [2.05, 4.69) is 0 Å². The van der Waals surface area contributed by atoms with Gasteiger partial charge in [-0.2, -0.15) is 0 Å². The van der Waals surface area contributed by atoms with Gasteiger partial charge in [-0.05, 0) is 12.1 Å². The maximum absolute atomic E-state index is 10.5. The van der Waals surface area contributed by atoms with Gasteiger partial charge in [0.25, 0.3) is 0 Å². The van der Waals surface area contributed by atoms with Crippen LogP contribution in [0.5, 0.6) is 0 Å². The molecule has 74 valence electrons. The normalized spacial score (nSPS) is 9.43. The summed E-state index contributed by atoms with van der Waals surface area (Å²) in [6.45, 7) is -0.0704. The van der Waals surface area contributed by atoms with Crippen molar-refractivity contribution < 1.29 is 14.7 Å². The quantitative estimate of drug-likeness (QED) is 0.702. The van der Waals surface area contributed by atoms with Crippen molar-refractivity contribution in [2.45, 2.75) is 0 Å². The van der Waals surface area contributed by atoms with Crippen LogP contribution >= 0.6 is 0 Å². The van der Waals surface area contributed by atoms with Crippen molar-refractivity contribution in [1.29, 1.82) is 0 Å². The van der Waals surface area contributed by atoms with E-state index in [9.17, 15) is 9.59 Å². The van der Waals surface area contributed by atoms with E-state index >= 15 is 0 Å². The lowest BCUT2D eigenvalue weighted by Crippen LogP contribution is -2.31. The first-order valence-corrected chi connectivity index (χ1v) is 4.19. The van der Waals surface area contributed by atoms with Crippen molar-refractivity contribution in [1.82, 2.24) is 0 Å². The molecule has 0 saturated carbocycles. The summed E-state index contributed by atoms with van der Waals surface area (Å²) in [6.07, 6.45) is 0.690. The van der Waals surface area contributed by atoms with Crippen LogP contribution in [-0.2, 0) is 9.59 Å². The number of rotatable bonds is 5. The molecule has 1 aromatic carbocycles. The molecule has 1 aromatic rings. The van der Waals surface area contributed by atoms with E-state index in [0.29, 0.717) is 6.29 Å². The summed E-state index contributed by atoms with van der Waals surface area (Å²) in [5.74, 6) is -0.948. The van der Waals surface area contributed by atoms with E-state index in [1.54, 1.807) is 24.3 Å². The minimum atomic E-state index is -0.948. The molecular formula is C10H11NO3. The highest BCUT2D eigenvalue weighted by Crippen LogP contribution is 2.11. The summed E-state index contributed by atoms with van der Waals surface area (Å²) >= 11 is 0. The number of anilines is 1. The molecule has 1 N–H and O–H groups in total. The number of carbonyl (C=O) groups excluding carboxylic acids is 1. The lowest BCUT2D eigenvalue weighted by Gasteiger charge is -2.19. The third-order valence-corrected chi connectivity index (χ3v) is 1.74. The smallest absolute Gasteiger partial charge is 0.323 e. The molecule has 4 heteroatoms. The topological polar surface area (TPSA) is 57.6 Å². The Morgan fingerprint density at radius 3 is 2.50 bits per heavy atom. The average molecular weight is 193 g/mol. The Hall–Kier alpha value is -1.84. The Kier molecular flexibility index (Phi) is 3.67. The lowest BCUT2D eigenvalue weighted by atomic mass is 10.3. The molecule has 0 heterocycles. The van der Waals surface area contributed by atoms with Gasteiger partial charge in [-0.25, -0.2) is 0 Å². The molecule has 0 aliphatic carbocycles. The molecule has 0 amide bonds. The number of para-hydroxylation sites is 1. The first-order valence-electron chi connectivity index (χ1n) is 4.19. The van der Waals surface area contributed by atoms with Crippen LogP contribution < -0.4 is 4.90 Å². The van der Waals surface area contributed by atoms with Crippen molar-refractivity contribution >= 4 is 17.9 Å². The third kappa shape index (κ3) is 2.90. The number of nitrogens with zero attached hydrogens (tertiary/aromatic N) is 1. The summed E-state index contributed by atoms with van der Waals surface area (Å²) in [5.41, 5.74) is 0.738. The highest BCUT2D eigenvalue weighted by atomic mass is 16.4.